The van der Waals surface area contributed by atoms with Crippen LogP contribution in [0.15, 0.2) is 71.1 Å². The summed E-state index contributed by atoms with van der Waals surface area (Å²) in [6, 6.07) is 19.8. The number of aromatic nitrogens is 1. The van der Waals surface area contributed by atoms with Crippen molar-refractivity contribution in [1.82, 2.24) is 20.9 Å². The van der Waals surface area contributed by atoms with Gasteiger partial charge in [0.1, 0.15) is 29.4 Å². The van der Waals surface area contributed by atoms with Crippen molar-refractivity contribution >= 4 is 23.4 Å². The van der Waals surface area contributed by atoms with E-state index in [2.05, 4.69) is 33.4 Å². The van der Waals surface area contributed by atoms with Gasteiger partial charge >= 0.3 is 0 Å². The molecule has 51 heavy (non-hydrogen) atoms. The maximum Gasteiger partial charge on any atom is 0.274 e. The number of aliphatic hydroxyl groups excluding tert-OH is 1. The highest BCUT2D eigenvalue weighted by molar-refractivity contribution is 5.95. The first-order valence-corrected chi connectivity index (χ1v) is 17.9. The van der Waals surface area contributed by atoms with E-state index >= 15 is 0 Å². The lowest BCUT2D eigenvalue weighted by Gasteiger charge is -2.29. The molecule has 1 aromatic heterocycles. The van der Waals surface area contributed by atoms with E-state index in [-0.39, 0.29) is 41.8 Å². The Bertz CT molecular complexity index is 2040. The summed E-state index contributed by atoms with van der Waals surface area (Å²) in [6.07, 6.45) is 0.898. The van der Waals surface area contributed by atoms with Crippen LogP contribution in [0.1, 0.15) is 103 Å². The summed E-state index contributed by atoms with van der Waals surface area (Å²) in [4.78, 5) is 46.8. The van der Waals surface area contributed by atoms with E-state index in [0.29, 0.717) is 11.5 Å². The number of rotatable bonds is 6. The SMILES string of the molecule is CC(C)[C@H](O)C(=O)N[C@H]1Cc2ccc3c(c2)C2(c4ccccc4NC2O3)c2oc(nc2C(=O)N[C@@H]2CCCc3ccccc32)[C@H](C(C)C)NC1=O. The van der Waals surface area contributed by atoms with E-state index in [4.69, 9.17) is 14.1 Å². The van der Waals surface area contributed by atoms with Crippen molar-refractivity contribution in [3.05, 3.63) is 112 Å². The van der Waals surface area contributed by atoms with Crippen molar-refractivity contribution in [3.8, 4) is 5.75 Å². The second kappa shape index (κ2) is 12.6. The minimum absolute atomic E-state index is 0.127. The van der Waals surface area contributed by atoms with Crippen molar-refractivity contribution in [2.45, 2.75) is 89.3 Å². The highest BCUT2D eigenvalue weighted by atomic mass is 16.5. The molecule has 4 aromatic rings. The Morgan fingerprint density at radius 3 is 2.55 bits per heavy atom. The molecular formula is C40H43N5O6. The molecule has 2 unspecified atom stereocenters. The number of hydrogen-bond donors (Lipinski definition) is 5. The van der Waals surface area contributed by atoms with Gasteiger partial charge in [0.15, 0.2) is 17.7 Å². The molecule has 3 aliphatic heterocycles. The molecule has 5 N–H and O–H groups in total. The Balaban J connectivity index is 1.31. The van der Waals surface area contributed by atoms with E-state index < -0.39 is 41.6 Å². The van der Waals surface area contributed by atoms with Gasteiger partial charge in [-0.2, -0.15) is 0 Å². The number of nitrogens with one attached hydrogen (secondary N) is 4. The molecule has 11 heteroatoms. The van der Waals surface area contributed by atoms with Gasteiger partial charge in [0.05, 0.1) is 6.04 Å². The molecule has 4 aliphatic rings. The number of para-hydroxylation sites is 1. The normalized spacial score (nSPS) is 24.9. The van der Waals surface area contributed by atoms with Gasteiger partial charge in [-0.3, -0.25) is 14.4 Å². The number of aliphatic hydroxyl groups is 1. The number of oxazole rings is 1. The van der Waals surface area contributed by atoms with Gasteiger partial charge in [0.2, 0.25) is 17.7 Å². The fraction of sp³-hybridized carbons (Fsp3) is 0.400. The second-order valence-corrected chi connectivity index (χ2v) is 14.9. The van der Waals surface area contributed by atoms with Crippen LogP contribution in [0.2, 0.25) is 0 Å². The lowest BCUT2D eigenvalue weighted by Crippen LogP contribution is -2.52. The third-order valence-electron chi connectivity index (χ3n) is 10.8. The zero-order valence-electron chi connectivity index (χ0n) is 29.2. The average molecular weight is 690 g/mol. The van der Waals surface area contributed by atoms with Crippen molar-refractivity contribution in [3.63, 3.8) is 0 Å². The Morgan fingerprint density at radius 1 is 0.961 bits per heavy atom. The molecule has 0 saturated carbocycles. The zero-order valence-corrected chi connectivity index (χ0v) is 29.2. The van der Waals surface area contributed by atoms with E-state index in [0.717, 1.165) is 47.2 Å². The molecule has 1 spiro atoms. The number of hydrogen-bond acceptors (Lipinski definition) is 8. The molecule has 6 atom stereocenters. The van der Waals surface area contributed by atoms with Crippen molar-refractivity contribution in [2.24, 2.45) is 11.8 Å². The molecule has 0 saturated heterocycles. The van der Waals surface area contributed by atoms with Crippen LogP contribution in [0.25, 0.3) is 0 Å². The van der Waals surface area contributed by atoms with Gasteiger partial charge in [-0.1, -0.05) is 82.3 Å². The number of benzene rings is 3. The molecular weight excluding hydrogens is 646 g/mol. The number of carbonyl (C=O) groups is 3. The summed E-state index contributed by atoms with van der Waals surface area (Å²) in [7, 11) is 0. The van der Waals surface area contributed by atoms with Crippen LogP contribution in [0.5, 0.6) is 5.75 Å². The summed E-state index contributed by atoms with van der Waals surface area (Å²) in [5.74, 6) is -0.897. The fourth-order valence-corrected chi connectivity index (χ4v) is 8.15. The molecule has 1 aliphatic carbocycles. The van der Waals surface area contributed by atoms with Crippen LogP contribution >= 0.6 is 0 Å². The standard InChI is InChI=1S/C40H43N5O6/c1-20(2)31-38-45-32(36(48)41-27-15-9-11-23-10-5-6-12-24(23)27)34(51-38)40-25-13-7-8-14-28(25)43-39(40)50-30-17-16-22(18-26(30)40)19-29(35(47)44-31)42-37(49)33(46)21(3)4/h5-8,10,12-14,16-18,20-21,27,29,31,33,39,43,46H,9,11,15,19H2,1-4H3,(H,41,48)(H,42,49)(H,44,47)/t27-,29+,31+,33+,39?,40?/m1/s1. The maximum atomic E-state index is 14.7. The highest BCUT2D eigenvalue weighted by Crippen LogP contribution is 2.58. The van der Waals surface area contributed by atoms with Gasteiger partial charge < -0.3 is 35.5 Å². The summed E-state index contributed by atoms with van der Waals surface area (Å²) in [5, 5.41) is 23.3. The number of ether oxygens (including phenoxy) is 1. The minimum Gasteiger partial charge on any atom is -0.469 e. The third kappa shape index (κ3) is 5.37. The Kier molecular flexibility index (Phi) is 8.13. The van der Waals surface area contributed by atoms with E-state index in [1.807, 2.05) is 68.4 Å². The quantitative estimate of drug-likeness (QED) is 0.193. The number of aryl methyl sites for hydroxylation is 1. The van der Waals surface area contributed by atoms with Gasteiger partial charge in [-0.25, -0.2) is 4.98 Å². The number of nitrogens with zero attached hydrogens (tertiary/aromatic N) is 1. The van der Waals surface area contributed by atoms with Crippen LogP contribution in [0.3, 0.4) is 0 Å². The largest absolute Gasteiger partial charge is 0.469 e. The van der Waals surface area contributed by atoms with Crippen LogP contribution in [-0.4, -0.2) is 46.2 Å². The molecule has 3 aromatic carbocycles. The molecule has 3 amide bonds. The molecule has 11 nitrogen and oxygen atoms in total. The lowest BCUT2D eigenvalue weighted by atomic mass is 9.72. The number of anilines is 1. The zero-order chi connectivity index (χ0) is 35.6. The van der Waals surface area contributed by atoms with Gasteiger partial charge in [-0.15, -0.1) is 0 Å². The van der Waals surface area contributed by atoms with Crippen LogP contribution in [0, 0.1) is 11.8 Å². The molecule has 4 heterocycles. The first-order chi connectivity index (χ1) is 24.6. The predicted molar refractivity (Wildman–Crippen MR) is 189 cm³/mol. The summed E-state index contributed by atoms with van der Waals surface area (Å²) >= 11 is 0. The predicted octanol–water partition coefficient (Wildman–Crippen LogP) is 4.83. The smallest absolute Gasteiger partial charge is 0.274 e. The average Bonchev–Trinajstić information content (AvgIpc) is 3.79. The van der Waals surface area contributed by atoms with Gasteiger partial charge in [0, 0.05) is 17.7 Å². The molecule has 264 valence electrons. The van der Waals surface area contributed by atoms with Crippen LogP contribution < -0.4 is 26.0 Å². The summed E-state index contributed by atoms with van der Waals surface area (Å²) < 4.78 is 13.5. The summed E-state index contributed by atoms with van der Waals surface area (Å²) in [5.41, 5.74) is 4.57. The minimum atomic E-state index is -1.29. The molecule has 0 fully saturated rings. The van der Waals surface area contributed by atoms with Gasteiger partial charge in [0.25, 0.3) is 5.91 Å². The first-order valence-electron chi connectivity index (χ1n) is 17.9. The number of carbonyl (C=O) groups excluding carboxylic acids is 3. The fourth-order valence-electron chi connectivity index (χ4n) is 8.15. The Morgan fingerprint density at radius 2 is 1.75 bits per heavy atom. The van der Waals surface area contributed by atoms with E-state index in [9.17, 15) is 19.5 Å². The van der Waals surface area contributed by atoms with Gasteiger partial charge in [-0.05, 0) is 65.5 Å². The molecule has 4 bridgehead atoms. The number of amides is 3. The van der Waals surface area contributed by atoms with Crippen LogP contribution in [0.4, 0.5) is 5.69 Å². The summed E-state index contributed by atoms with van der Waals surface area (Å²) in [6.45, 7) is 7.35. The maximum absolute atomic E-state index is 14.7. The highest BCUT2D eigenvalue weighted by Gasteiger charge is 2.61. The van der Waals surface area contributed by atoms with Crippen LogP contribution in [-0.2, 0) is 27.8 Å². The molecule has 8 rings (SSSR count). The molecule has 0 radical (unpaired) electrons. The van der Waals surface area contributed by atoms with E-state index in [1.54, 1.807) is 13.8 Å². The second-order valence-electron chi connectivity index (χ2n) is 14.9. The van der Waals surface area contributed by atoms with Crippen molar-refractivity contribution in [2.75, 3.05) is 5.32 Å². The van der Waals surface area contributed by atoms with Crippen molar-refractivity contribution < 1.29 is 28.6 Å². The monoisotopic (exact) mass is 689 g/mol. The first kappa shape index (κ1) is 33.0. The number of fused-ring (bicyclic) bond motifs is 5. The Labute approximate surface area is 296 Å². The topological polar surface area (TPSA) is 155 Å². The Hall–Kier alpha value is -5.16. The third-order valence-corrected chi connectivity index (χ3v) is 10.8. The van der Waals surface area contributed by atoms with E-state index in [1.165, 1.54) is 5.56 Å². The lowest BCUT2D eigenvalue weighted by molar-refractivity contribution is -0.135. The van der Waals surface area contributed by atoms with Crippen molar-refractivity contribution in [1.29, 1.82) is 0 Å².